The number of halogens is 1. The van der Waals surface area contributed by atoms with Gasteiger partial charge in [-0.25, -0.2) is 9.37 Å². The summed E-state index contributed by atoms with van der Waals surface area (Å²) in [6.07, 6.45) is 2.20. The molecule has 4 nitrogen and oxygen atoms in total. The van der Waals surface area contributed by atoms with Crippen molar-refractivity contribution in [1.29, 1.82) is 0 Å². The van der Waals surface area contributed by atoms with Gasteiger partial charge >= 0.3 is 0 Å². The van der Waals surface area contributed by atoms with Gasteiger partial charge in [0.25, 0.3) is 0 Å². The molecule has 0 aliphatic carbocycles. The number of fused-ring (bicyclic) bond motifs is 1. The highest BCUT2D eigenvalue weighted by Crippen LogP contribution is 2.25. The molecule has 33 heavy (non-hydrogen) atoms. The molecule has 5 heteroatoms. The fourth-order valence-corrected chi connectivity index (χ4v) is 4.83. The SMILES string of the molecule is CC(CN1CCC(Nc2nc3ccccc3n2Cc2ccc(F)cc2)CC1)c1ccccc1. The number of nitrogens with one attached hydrogen (secondary N) is 1. The molecule has 0 amide bonds. The Morgan fingerprint density at radius 2 is 1.64 bits per heavy atom. The summed E-state index contributed by atoms with van der Waals surface area (Å²) < 4.78 is 15.6. The van der Waals surface area contributed by atoms with Crippen molar-refractivity contribution < 1.29 is 4.39 Å². The van der Waals surface area contributed by atoms with Crippen LogP contribution in [0.4, 0.5) is 10.3 Å². The van der Waals surface area contributed by atoms with Gasteiger partial charge in [0.1, 0.15) is 5.82 Å². The Balaban J connectivity index is 1.25. The maximum absolute atomic E-state index is 13.4. The number of para-hydroxylation sites is 2. The zero-order valence-electron chi connectivity index (χ0n) is 19.1. The van der Waals surface area contributed by atoms with Gasteiger partial charge in [-0.1, -0.05) is 61.5 Å². The average molecular weight is 443 g/mol. The molecule has 1 saturated heterocycles. The second-order valence-electron chi connectivity index (χ2n) is 9.17. The molecule has 1 aliphatic rings. The Morgan fingerprint density at radius 3 is 2.39 bits per heavy atom. The molecule has 1 N–H and O–H groups in total. The Bertz CT molecular complexity index is 1180. The number of anilines is 1. The normalized spacial score (nSPS) is 16.2. The van der Waals surface area contributed by atoms with Crippen LogP contribution in [0.25, 0.3) is 11.0 Å². The number of benzene rings is 3. The molecule has 1 aliphatic heterocycles. The zero-order valence-corrected chi connectivity index (χ0v) is 19.1. The van der Waals surface area contributed by atoms with E-state index in [-0.39, 0.29) is 5.82 Å². The molecule has 3 aromatic carbocycles. The molecule has 0 bridgehead atoms. The summed E-state index contributed by atoms with van der Waals surface area (Å²) in [5.41, 5.74) is 4.55. The van der Waals surface area contributed by atoms with Crippen LogP contribution in [0.3, 0.4) is 0 Å². The first-order valence-corrected chi connectivity index (χ1v) is 11.9. The van der Waals surface area contributed by atoms with Crippen LogP contribution in [0.1, 0.15) is 36.8 Å². The highest BCUT2D eigenvalue weighted by molar-refractivity contribution is 5.78. The van der Waals surface area contributed by atoms with Crippen LogP contribution < -0.4 is 5.32 Å². The summed E-state index contributed by atoms with van der Waals surface area (Å²) in [7, 11) is 0. The van der Waals surface area contributed by atoms with E-state index in [2.05, 4.69) is 64.2 Å². The number of aromatic nitrogens is 2. The number of imidazole rings is 1. The Morgan fingerprint density at radius 1 is 0.939 bits per heavy atom. The van der Waals surface area contributed by atoms with Crippen molar-refractivity contribution in [2.45, 2.75) is 38.3 Å². The van der Waals surface area contributed by atoms with Crippen LogP contribution in [0.5, 0.6) is 0 Å². The van der Waals surface area contributed by atoms with Gasteiger partial charge in [0.15, 0.2) is 0 Å². The molecule has 1 unspecified atom stereocenters. The van der Waals surface area contributed by atoms with Crippen molar-refractivity contribution in [3.63, 3.8) is 0 Å². The van der Waals surface area contributed by atoms with E-state index in [4.69, 9.17) is 4.98 Å². The van der Waals surface area contributed by atoms with Crippen molar-refractivity contribution in [3.05, 3.63) is 95.8 Å². The molecule has 5 rings (SSSR count). The van der Waals surface area contributed by atoms with Crippen molar-refractivity contribution in [1.82, 2.24) is 14.5 Å². The Labute approximate surface area is 195 Å². The van der Waals surface area contributed by atoms with Crippen LogP contribution in [0, 0.1) is 5.82 Å². The average Bonchev–Trinajstić information content (AvgIpc) is 3.19. The first-order valence-electron chi connectivity index (χ1n) is 11.9. The van der Waals surface area contributed by atoms with Gasteiger partial charge in [-0.2, -0.15) is 0 Å². The number of rotatable bonds is 7. The topological polar surface area (TPSA) is 33.1 Å². The van der Waals surface area contributed by atoms with Crippen molar-refractivity contribution in [3.8, 4) is 0 Å². The standard InChI is InChI=1S/C28H31FN4/c1-21(23-7-3-2-4-8-23)19-32-17-15-25(16-18-32)30-28-31-26-9-5-6-10-27(26)33(28)20-22-11-13-24(29)14-12-22/h2-14,21,25H,15-20H2,1H3,(H,30,31). The predicted octanol–water partition coefficient (Wildman–Crippen LogP) is 5.90. The minimum Gasteiger partial charge on any atom is -0.353 e. The van der Waals surface area contributed by atoms with Crippen LogP contribution in [0.2, 0.25) is 0 Å². The van der Waals surface area contributed by atoms with Crippen molar-refractivity contribution in [2.75, 3.05) is 25.0 Å². The van der Waals surface area contributed by atoms with Gasteiger partial charge in [0.2, 0.25) is 5.95 Å². The van der Waals surface area contributed by atoms with Crippen LogP contribution in [-0.2, 0) is 6.54 Å². The quantitative estimate of drug-likeness (QED) is 0.387. The third-order valence-corrected chi connectivity index (χ3v) is 6.73. The third kappa shape index (κ3) is 5.09. The van der Waals surface area contributed by atoms with Crippen molar-refractivity contribution >= 4 is 17.0 Å². The summed E-state index contributed by atoms with van der Waals surface area (Å²) in [6, 6.07) is 26.1. The van der Waals surface area contributed by atoms with E-state index in [0.29, 0.717) is 18.5 Å². The van der Waals surface area contributed by atoms with Gasteiger partial charge in [0, 0.05) is 25.7 Å². The summed E-state index contributed by atoms with van der Waals surface area (Å²) in [5.74, 6) is 1.23. The second-order valence-corrected chi connectivity index (χ2v) is 9.17. The fourth-order valence-electron chi connectivity index (χ4n) is 4.83. The third-order valence-electron chi connectivity index (χ3n) is 6.73. The number of piperidine rings is 1. The number of nitrogens with zero attached hydrogens (tertiary/aromatic N) is 3. The summed E-state index contributed by atoms with van der Waals surface area (Å²) in [5, 5.41) is 3.73. The molecule has 1 atom stereocenters. The highest BCUT2D eigenvalue weighted by atomic mass is 19.1. The number of likely N-dealkylation sites (tertiary alicyclic amines) is 1. The van der Waals surface area contributed by atoms with Gasteiger partial charge in [-0.05, 0) is 54.2 Å². The number of hydrogen-bond donors (Lipinski definition) is 1. The number of hydrogen-bond acceptors (Lipinski definition) is 3. The molecule has 0 radical (unpaired) electrons. The fraction of sp³-hybridized carbons (Fsp3) is 0.321. The van der Waals surface area contributed by atoms with Crippen LogP contribution in [-0.4, -0.2) is 40.1 Å². The first kappa shape index (κ1) is 21.7. The molecular weight excluding hydrogens is 411 g/mol. The monoisotopic (exact) mass is 442 g/mol. The highest BCUT2D eigenvalue weighted by Gasteiger charge is 2.22. The van der Waals surface area contributed by atoms with E-state index in [1.165, 1.54) is 17.7 Å². The minimum absolute atomic E-state index is 0.207. The van der Waals surface area contributed by atoms with Gasteiger partial charge < -0.3 is 14.8 Å². The molecule has 1 fully saturated rings. The maximum Gasteiger partial charge on any atom is 0.204 e. The van der Waals surface area contributed by atoms with E-state index in [0.717, 1.165) is 55.0 Å². The molecule has 0 spiro atoms. The lowest BCUT2D eigenvalue weighted by Gasteiger charge is -2.34. The lowest BCUT2D eigenvalue weighted by Crippen LogP contribution is -2.41. The summed E-state index contributed by atoms with van der Waals surface area (Å²) in [4.78, 5) is 7.47. The van der Waals surface area contributed by atoms with E-state index in [9.17, 15) is 4.39 Å². The molecule has 1 aromatic heterocycles. The minimum atomic E-state index is -0.207. The molecule has 2 heterocycles. The molecule has 170 valence electrons. The summed E-state index contributed by atoms with van der Waals surface area (Å²) in [6.45, 7) is 6.26. The molecular formula is C28H31FN4. The first-order chi connectivity index (χ1) is 16.2. The maximum atomic E-state index is 13.4. The van der Waals surface area contributed by atoms with Gasteiger partial charge in [-0.15, -0.1) is 0 Å². The predicted molar refractivity (Wildman–Crippen MR) is 133 cm³/mol. The molecule has 4 aromatic rings. The Kier molecular flexibility index (Phi) is 6.40. The largest absolute Gasteiger partial charge is 0.353 e. The lowest BCUT2D eigenvalue weighted by molar-refractivity contribution is 0.209. The second kappa shape index (κ2) is 9.75. The molecule has 0 saturated carbocycles. The smallest absolute Gasteiger partial charge is 0.204 e. The van der Waals surface area contributed by atoms with Gasteiger partial charge in [0.05, 0.1) is 17.6 Å². The van der Waals surface area contributed by atoms with E-state index >= 15 is 0 Å². The summed E-state index contributed by atoms with van der Waals surface area (Å²) >= 11 is 0. The van der Waals surface area contributed by atoms with E-state index in [1.807, 2.05) is 24.3 Å². The van der Waals surface area contributed by atoms with Crippen LogP contribution in [0.15, 0.2) is 78.9 Å². The van der Waals surface area contributed by atoms with E-state index < -0.39 is 0 Å². The lowest BCUT2D eigenvalue weighted by atomic mass is 9.98. The van der Waals surface area contributed by atoms with Crippen LogP contribution >= 0.6 is 0 Å². The van der Waals surface area contributed by atoms with E-state index in [1.54, 1.807) is 0 Å². The Hall–Kier alpha value is -3.18. The van der Waals surface area contributed by atoms with Gasteiger partial charge in [-0.3, -0.25) is 0 Å². The zero-order chi connectivity index (χ0) is 22.6. The van der Waals surface area contributed by atoms with Crippen molar-refractivity contribution in [2.24, 2.45) is 0 Å².